The van der Waals surface area contributed by atoms with Crippen molar-refractivity contribution in [2.75, 3.05) is 0 Å². The summed E-state index contributed by atoms with van der Waals surface area (Å²) in [5, 5.41) is 3.21. The van der Waals surface area contributed by atoms with E-state index in [9.17, 15) is 0 Å². The summed E-state index contributed by atoms with van der Waals surface area (Å²) in [5.41, 5.74) is 0.873. The lowest BCUT2D eigenvalue weighted by Crippen LogP contribution is -2.69. The number of hydrogen-bond acceptors (Lipinski definition) is 1. The van der Waals surface area contributed by atoms with Crippen LogP contribution in [0.5, 0.6) is 0 Å². The molecule has 0 N–H and O–H groups in total. The summed E-state index contributed by atoms with van der Waals surface area (Å²) < 4.78 is 6.51. The molecule has 1 aliphatic rings. The van der Waals surface area contributed by atoms with Gasteiger partial charge in [-0.25, -0.2) is 0 Å². The molecule has 3 rings (SSSR count). The first-order valence-electron chi connectivity index (χ1n) is 8.95. The molecule has 0 saturated carbocycles. The third-order valence-corrected chi connectivity index (χ3v) is 14.0. The molecule has 24 heavy (non-hydrogen) atoms. The summed E-state index contributed by atoms with van der Waals surface area (Å²) in [5.74, 6) is 0. The Hall–Kier alpha value is -1.17. The Morgan fingerprint density at radius 2 is 1.12 bits per heavy atom. The second kappa shape index (κ2) is 5.97. The Balaban J connectivity index is 2.24. The van der Waals surface area contributed by atoms with Crippen molar-refractivity contribution >= 4 is 26.5 Å². The molecule has 0 unspecified atom stereocenters. The molecule has 1 saturated heterocycles. The van der Waals surface area contributed by atoms with Crippen molar-refractivity contribution in [3.05, 3.63) is 60.7 Å². The predicted octanol–water partition coefficient (Wildman–Crippen LogP) is 4.23. The molecule has 0 spiro atoms. The van der Waals surface area contributed by atoms with E-state index in [1.807, 2.05) is 0 Å². The molecular formula is C21H30OSi2. The zero-order chi connectivity index (χ0) is 17.6. The van der Waals surface area contributed by atoms with Gasteiger partial charge in [0, 0.05) is 0 Å². The van der Waals surface area contributed by atoms with E-state index in [1.165, 1.54) is 10.4 Å². The van der Waals surface area contributed by atoms with Crippen molar-refractivity contribution in [3.8, 4) is 0 Å². The number of epoxide rings is 1. The summed E-state index contributed by atoms with van der Waals surface area (Å²) in [7, 11) is -3.40. The van der Waals surface area contributed by atoms with Gasteiger partial charge >= 0.3 is 0 Å². The van der Waals surface area contributed by atoms with Crippen LogP contribution in [0.2, 0.25) is 24.7 Å². The van der Waals surface area contributed by atoms with Gasteiger partial charge in [-0.15, -0.1) is 0 Å². The van der Waals surface area contributed by atoms with Gasteiger partial charge in [0.05, 0.1) is 19.5 Å². The van der Waals surface area contributed by atoms with E-state index in [1.54, 1.807) is 0 Å². The summed E-state index contributed by atoms with van der Waals surface area (Å²) in [6.45, 7) is 14.6. The molecule has 1 heterocycles. The molecule has 1 nitrogen and oxygen atoms in total. The lowest BCUT2D eigenvalue weighted by molar-refractivity contribution is 0.426. The van der Waals surface area contributed by atoms with Crippen molar-refractivity contribution in [1.82, 2.24) is 0 Å². The molecule has 2 aromatic rings. The normalized spacial score (nSPS) is 21.6. The van der Waals surface area contributed by atoms with Crippen LogP contribution in [0.1, 0.15) is 20.8 Å². The van der Waals surface area contributed by atoms with E-state index in [-0.39, 0.29) is 5.04 Å². The van der Waals surface area contributed by atoms with Gasteiger partial charge in [0.15, 0.2) is 8.07 Å². The number of benzene rings is 2. The molecule has 0 bridgehead atoms. The van der Waals surface area contributed by atoms with Gasteiger partial charge in [0.25, 0.3) is 0 Å². The molecule has 2 atom stereocenters. The highest BCUT2D eigenvalue weighted by Crippen LogP contribution is 2.48. The third kappa shape index (κ3) is 2.83. The standard InChI is InChI=1S/C21H30OSi2/c1-21(2,3)24(17-13-9-7-10-14-17,18-15-11-8-12-16-18)20-19(22-20)23(4,5)6/h7-16,19-20H,1-6H3/t19-,20+/m1/s1. The van der Waals surface area contributed by atoms with Crippen molar-refractivity contribution in [2.24, 2.45) is 0 Å². The van der Waals surface area contributed by atoms with E-state index >= 15 is 0 Å². The van der Waals surface area contributed by atoms with Crippen molar-refractivity contribution in [2.45, 2.75) is 56.9 Å². The Morgan fingerprint density at radius 3 is 1.42 bits per heavy atom. The fourth-order valence-corrected chi connectivity index (χ4v) is 14.0. The predicted molar refractivity (Wildman–Crippen MR) is 110 cm³/mol. The highest BCUT2D eigenvalue weighted by Gasteiger charge is 2.65. The zero-order valence-electron chi connectivity index (χ0n) is 15.8. The molecule has 0 aliphatic carbocycles. The van der Waals surface area contributed by atoms with Crippen LogP contribution in [0.3, 0.4) is 0 Å². The minimum Gasteiger partial charge on any atom is -0.376 e. The summed E-state index contributed by atoms with van der Waals surface area (Å²) >= 11 is 0. The summed E-state index contributed by atoms with van der Waals surface area (Å²) in [6, 6.07) is 22.4. The summed E-state index contributed by atoms with van der Waals surface area (Å²) in [4.78, 5) is 0. The maximum absolute atomic E-state index is 6.51. The van der Waals surface area contributed by atoms with Crippen LogP contribution in [-0.2, 0) is 4.74 Å². The van der Waals surface area contributed by atoms with Gasteiger partial charge in [-0.3, -0.25) is 0 Å². The van der Waals surface area contributed by atoms with Crippen LogP contribution in [0, 0.1) is 0 Å². The van der Waals surface area contributed by atoms with E-state index < -0.39 is 16.1 Å². The highest BCUT2D eigenvalue weighted by molar-refractivity contribution is 7.06. The molecular weight excluding hydrogens is 324 g/mol. The average Bonchev–Trinajstić information content (AvgIpc) is 3.30. The maximum Gasteiger partial charge on any atom is 0.156 e. The van der Waals surface area contributed by atoms with E-state index in [4.69, 9.17) is 4.74 Å². The molecule has 1 fully saturated rings. The lowest BCUT2D eigenvalue weighted by atomic mass is 10.2. The minimum absolute atomic E-state index is 0.189. The highest BCUT2D eigenvalue weighted by atomic mass is 28.3. The van der Waals surface area contributed by atoms with E-state index in [2.05, 4.69) is 101 Å². The summed E-state index contributed by atoms with van der Waals surface area (Å²) in [6.07, 6.45) is 0. The van der Waals surface area contributed by atoms with Crippen LogP contribution in [0.25, 0.3) is 0 Å². The van der Waals surface area contributed by atoms with Crippen molar-refractivity contribution < 1.29 is 4.74 Å². The first-order valence-corrected chi connectivity index (χ1v) is 14.6. The maximum atomic E-state index is 6.51. The minimum atomic E-state index is -2.08. The van der Waals surface area contributed by atoms with Crippen LogP contribution >= 0.6 is 0 Å². The zero-order valence-corrected chi connectivity index (χ0v) is 17.8. The molecule has 0 amide bonds. The first-order chi connectivity index (χ1) is 11.2. The van der Waals surface area contributed by atoms with Crippen LogP contribution < -0.4 is 10.4 Å². The SMILES string of the molecule is CC(C)(C)[Si](c1ccccc1)(c1ccccc1)[C@@H]1O[C@@H]1[Si](C)(C)C. The molecule has 2 aromatic carbocycles. The molecule has 1 aliphatic heterocycles. The Labute approximate surface area is 149 Å². The number of hydrogen-bond donors (Lipinski definition) is 0. The average molecular weight is 355 g/mol. The van der Waals surface area contributed by atoms with E-state index in [0.717, 1.165) is 0 Å². The number of ether oxygens (including phenoxy) is 1. The largest absolute Gasteiger partial charge is 0.376 e. The quantitative estimate of drug-likeness (QED) is 0.591. The molecule has 3 heteroatoms. The topological polar surface area (TPSA) is 12.5 Å². The smallest absolute Gasteiger partial charge is 0.156 e. The third-order valence-electron chi connectivity index (χ3n) is 5.41. The van der Waals surface area contributed by atoms with Gasteiger partial charge in [0.1, 0.15) is 0 Å². The van der Waals surface area contributed by atoms with Crippen molar-refractivity contribution in [1.29, 1.82) is 0 Å². The van der Waals surface area contributed by atoms with Crippen molar-refractivity contribution in [3.63, 3.8) is 0 Å². The Bertz CT molecular complexity index is 644. The first kappa shape index (κ1) is 17.7. The lowest BCUT2D eigenvalue weighted by Gasteiger charge is -2.43. The monoisotopic (exact) mass is 354 g/mol. The van der Waals surface area contributed by atoms with Crippen LogP contribution in [0.15, 0.2) is 60.7 Å². The van der Waals surface area contributed by atoms with Crippen LogP contribution in [0.4, 0.5) is 0 Å². The second-order valence-corrected chi connectivity index (χ2v) is 19.3. The van der Waals surface area contributed by atoms with Crippen LogP contribution in [-0.4, -0.2) is 27.6 Å². The molecule has 128 valence electrons. The van der Waals surface area contributed by atoms with Gasteiger partial charge in [-0.2, -0.15) is 0 Å². The van der Waals surface area contributed by atoms with Gasteiger partial charge in [0.2, 0.25) is 0 Å². The molecule has 0 aromatic heterocycles. The molecule has 0 radical (unpaired) electrons. The van der Waals surface area contributed by atoms with Gasteiger partial charge in [-0.05, 0) is 5.04 Å². The van der Waals surface area contributed by atoms with Gasteiger partial charge < -0.3 is 4.74 Å². The fourth-order valence-electron chi connectivity index (χ4n) is 4.29. The Kier molecular flexibility index (Phi) is 4.39. The number of rotatable bonds is 4. The fraction of sp³-hybridized carbons (Fsp3) is 0.429. The second-order valence-electron chi connectivity index (χ2n) is 9.13. The van der Waals surface area contributed by atoms with E-state index in [0.29, 0.717) is 11.5 Å². The van der Waals surface area contributed by atoms with Gasteiger partial charge in [-0.1, -0.05) is 111 Å². The Morgan fingerprint density at radius 1 is 0.708 bits per heavy atom.